The van der Waals surface area contributed by atoms with Crippen LogP contribution in [0.25, 0.3) is 10.2 Å². The van der Waals surface area contributed by atoms with E-state index in [-0.39, 0.29) is 22.6 Å². The molecule has 0 atom stereocenters. The number of fused-ring (bicyclic) bond motifs is 1. The Balaban J connectivity index is 1.36. The van der Waals surface area contributed by atoms with Crippen LogP contribution >= 0.6 is 22.9 Å². The Morgan fingerprint density at radius 1 is 1.06 bits per heavy atom. The fraction of sp³-hybridized carbons (Fsp3) is 0.440. The molecular formula is C25H33ClN4O3S. The molecule has 184 valence electrons. The van der Waals surface area contributed by atoms with Crippen molar-refractivity contribution in [3.8, 4) is 5.75 Å². The molecule has 9 heteroatoms. The largest absolute Gasteiger partial charge is 0.506 e. The third-order valence-electron chi connectivity index (χ3n) is 5.70. The Hall–Kier alpha value is -2.39. The van der Waals surface area contributed by atoms with Gasteiger partial charge in [-0.25, -0.2) is 0 Å². The van der Waals surface area contributed by atoms with Gasteiger partial charge in [0.25, 0.3) is 0 Å². The van der Waals surface area contributed by atoms with Crippen LogP contribution in [0.2, 0.25) is 5.02 Å². The summed E-state index contributed by atoms with van der Waals surface area (Å²) >= 11 is 7.03. The molecule has 1 heterocycles. The van der Waals surface area contributed by atoms with Crippen molar-refractivity contribution in [2.75, 3.05) is 32.7 Å². The van der Waals surface area contributed by atoms with E-state index < -0.39 is 0 Å². The average molecular weight is 505 g/mol. The van der Waals surface area contributed by atoms with E-state index >= 15 is 0 Å². The summed E-state index contributed by atoms with van der Waals surface area (Å²) in [4.78, 5) is 28.8. The van der Waals surface area contributed by atoms with Crippen molar-refractivity contribution in [1.82, 2.24) is 20.5 Å². The number of aromatic hydroxyl groups is 1. The highest BCUT2D eigenvalue weighted by Crippen LogP contribution is 2.27. The normalized spacial score (nSPS) is 11.4. The molecule has 1 aromatic heterocycles. The molecule has 0 fully saturated rings. The molecule has 0 aliphatic rings. The van der Waals surface area contributed by atoms with Gasteiger partial charge < -0.3 is 25.6 Å². The lowest BCUT2D eigenvalue weighted by Crippen LogP contribution is -2.42. The van der Waals surface area contributed by atoms with E-state index in [0.717, 1.165) is 52.6 Å². The number of aromatic nitrogens is 1. The summed E-state index contributed by atoms with van der Waals surface area (Å²) in [5, 5.41) is 17.4. The molecule has 7 nitrogen and oxygen atoms in total. The standard InChI is InChI=1S/C25H33ClN4O3S/c1-17(2)30(22(32)11-14-27-12-9-18-3-6-20(26)7-4-18)16-15-28-13-10-19-5-8-21(31)23-24(19)34-25(33)29-23/h3-8,17,27-28,31H,9-16H2,1-2H3,(H,29,33). The zero-order valence-corrected chi connectivity index (χ0v) is 21.3. The predicted octanol–water partition coefficient (Wildman–Crippen LogP) is 3.54. The van der Waals surface area contributed by atoms with Crippen LogP contribution in [0.15, 0.2) is 41.2 Å². The van der Waals surface area contributed by atoms with Crippen LogP contribution in [-0.4, -0.2) is 59.7 Å². The van der Waals surface area contributed by atoms with Crippen molar-refractivity contribution < 1.29 is 9.90 Å². The smallest absolute Gasteiger partial charge is 0.305 e. The first-order chi connectivity index (χ1) is 16.3. The Morgan fingerprint density at radius 2 is 1.76 bits per heavy atom. The van der Waals surface area contributed by atoms with Gasteiger partial charge in [0.1, 0.15) is 11.3 Å². The highest BCUT2D eigenvalue weighted by atomic mass is 35.5. The Labute approximate surface area is 209 Å². The Morgan fingerprint density at radius 3 is 2.50 bits per heavy atom. The van der Waals surface area contributed by atoms with Crippen molar-refractivity contribution in [2.45, 2.75) is 39.2 Å². The molecule has 0 radical (unpaired) electrons. The molecule has 0 aliphatic heterocycles. The average Bonchev–Trinajstić information content (AvgIpc) is 3.20. The fourth-order valence-corrected chi connectivity index (χ4v) is 4.86. The maximum atomic E-state index is 12.7. The molecule has 2 aromatic carbocycles. The van der Waals surface area contributed by atoms with Gasteiger partial charge in [0.05, 0.1) is 4.70 Å². The van der Waals surface area contributed by atoms with Crippen molar-refractivity contribution in [2.24, 2.45) is 0 Å². The molecule has 0 saturated carbocycles. The SMILES string of the molecule is CC(C)N(CCNCCc1ccc(O)c2[nH]c(=O)sc12)C(=O)CCNCCc1ccc(Cl)cc1. The van der Waals surface area contributed by atoms with E-state index in [2.05, 4.69) is 15.6 Å². The molecule has 4 N–H and O–H groups in total. The van der Waals surface area contributed by atoms with E-state index in [1.807, 2.05) is 49.1 Å². The van der Waals surface area contributed by atoms with E-state index in [1.165, 1.54) is 5.56 Å². The zero-order chi connectivity index (χ0) is 24.5. The van der Waals surface area contributed by atoms with Crippen molar-refractivity contribution in [1.29, 1.82) is 0 Å². The lowest BCUT2D eigenvalue weighted by atomic mass is 10.1. The highest BCUT2D eigenvalue weighted by molar-refractivity contribution is 7.16. The minimum atomic E-state index is -0.170. The number of aromatic amines is 1. The number of hydrogen-bond donors (Lipinski definition) is 4. The number of nitrogens with one attached hydrogen (secondary N) is 3. The minimum Gasteiger partial charge on any atom is -0.506 e. The lowest BCUT2D eigenvalue weighted by Gasteiger charge is -2.27. The first-order valence-electron chi connectivity index (χ1n) is 11.6. The predicted molar refractivity (Wildman–Crippen MR) is 140 cm³/mol. The number of hydrogen-bond acceptors (Lipinski definition) is 6. The monoisotopic (exact) mass is 504 g/mol. The topological polar surface area (TPSA) is 97.5 Å². The highest BCUT2D eigenvalue weighted by Gasteiger charge is 2.16. The van der Waals surface area contributed by atoms with Crippen LogP contribution in [-0.2, 0) is 17.6 Å². The number of rotatable bonds is 13. The molecule has 3 aromatic rings. The summed E-state index contributed by atoms with van der Waals surface area (Å²) in [5.74, 6) is 0.240. The quantitative estimate of drug-likeness (QED) is 0.267. The van der Waals surface area contributed by atoms with Crippen molar-refractivity contribution in [3.63, 3.8) is 0 Å². The third-order valence-corrected chi connectivity index (χ3v) is 6.91. The second-order valence-corrected chi connectivity index (χ2v) is 9.94. The molecular weight excluding hydrogens is 472 g/mol. The Bertz CT molecular complexity index is 1130. The number of carbonyl (C=O) groups excluding carboxylic acids is 1. The van der Waals surface area contributed by atoms with Gasteiger partial charge >= 0.3 is 4.87 Å². The van der Waals surface area contributed by atoms with Gasteiger partial charge in [-0.05, 0) is 69.1 Å². The number of H-pyrrole nitrogens is 1. The summed E-state index contributed by atoms with van der Waals surface area (Å²) in [5.41, 5.74) is 2.74. The number of benzene rings is 2. The molecule has 0 aliphatic carbocycles. The summed E-state index contributed by atoms with van der Waals surface area (Å²) < 4.78 is 0.800. The summed E-state index contributed by atoms with van der Waals surface area (Å²) in [6.45, 7) is 7.60. The number of halogens is 1. The van der Waals surface area contributed by atoms with Crippen LogP contribution in [0.4, 0.5) is 0 Å². The molecule has 34 heavy (non-hydrogen) atoms. The van der Waals surface area contributed by atoms with E-state index in [1.54, 1.807) is 6.07 Å². The molecule has 0 spiro atoms. The van der Waals surface area contributed by atoms with Crippen molar-refractivity contribution >= 4 is 39.1 Å². The number of phenolic OH excluding ortho intramolecular Hbond substituents is 1. The van der Waals surface area contributed by atoms with Gasteiger partial charge in [-0.2, -0.15) is 0 Å². The molecule has 0 bridgehead atoms. The number of thiazole rings is 1. The number of amides is 1. The Kier molecular flexibility index (Phi) is 9.95. The second-order valence-electron chi connectivity index (χ2n) is 8.52. The van der Waals surface area contributed by atoms with Gasteiger partial charge in [-0.3, -0.25) is 9.59 Å². The van der Waals surface area contributed by atoms with Crippen LogP contribution < -0.4 is 15.5 Å². The lowest BCUT2D eigenvalue weighted by molar-refractivity contribution is -0.132. The van der Waals surface area contributed by atoms with Crippen LogP contribution in [0.3, 0.4) is 0 Å². The maximum absolute atomic E-state index is 12.7. The van der Waals surface area contributed by atoms with Gasteiger partial charge in [0, 0.05) is 37.1 Å². The molecule has 3 rings (SSSR count). The summed E-state index contributed by atoms with van der Waals surface area (Å²) in [6, 6.07) is 11.4. The number of phenols is 1. The van der Waals surface area contributed by atoms with E-state index in [4.69, 9.17) is 11.6 Å². The zero-order valence-electron chi connectivity index (χ0n) is 19.7. The molecule has 0 unspecified atom stereocenters. The first kappa shape index (κ1) is 26.2. The maximum Gasteiger partial charge on any atom is 0.305 e. The van der Waals surface area contributed by atoms with Crippen molar-refractivity contribution in [3.05, 3.63) is 62.2 Å². The van der Waals surface area contributed by atoms with Gasteiger partial charge in [0.2, 0.25) is 5.91 Å². The number of nitrogens with zero attached hydrogens (tertiary/aromatic N) is 1. The summed E-state index contributed by atoms with van der Waals surface area (Å²) in [6.07, 6.45) is 2.10. The van der Waals surface area contributed by atoms with Crippen LogP contribution in [0, 0.1) is 0 Å². The minimum absolute atomic E-state index is 0.0932. The molecule has 0 saturated heterocycles. The summed E-state index contributed by atoms with van der Waals surface area (Å²) in [7, 11) is 0. The molecule has 1 amide bonds. The number of carbonyl (C=O) groups is 1. The van der Waals surface area contributed by atoms with Gasteiger partial charge in [-0.1, -0.05) is 41.1 Å². The van der Waals surface area contributed by atoms with E-state index in [0.29, 0.717) is 31.6 Å². The van der Waals surface area contributed by atoms with Gasteiger partial charge in [0.15, 0.2) is 0 Å². The second kappa shape index (κ2) is 12.9. The first-order valence-corrected chi connectivity index (χ1v) is 12.8. The van der Waals surface area contributed by atoms with Crippen LogP contribution in [0.5, 0.6) is 5.75 Å². The third kappa shape index (κ3) is 7.56. The van der Waals surface area contributed by atoms with Gasteiger partial charge in [-0.15, -0.1) is 0 Å². The van der Waals surface area contributed by atoms with E-state index in [9.17, 15) is 14.7 Å². The fourth-order valence-electron chi connectivity index (χ4n) is 3.84. The van der Waals surface area contributed by atoms with Crippen LogP contribution in [0.1, 0.15) is 31.4 Å².